The Hall–Kier alpha value is -1.85. The van der Waals surface area contributed by atoms with Gasteiger partial charge in [-0.1, -0.05) is 46.3 Å². The highest BCUT2D eigenvalue weighted by Gasteiger charge is 2.17. The summed E-state index contributed by atoms with van der Waals surface area (Å²) in [6.07, 6.45) is 0. The summed E-state index contributed by atoms with van der Waals surface area (Å²) < 4.78 is 6.05. The van der Waals surface area contributed by atoms with Gasteiger partial charge in [-0.25, -0.2) is 0 Å². The normalized spacial score (nSPS) is 11.8. The van der Waals surface area contributed by atoms with Gasteiger partial charge in [0.05, 0.1) is 25.3 Å². The molecule has 4 nitrogen and oxygen atoms in total. The van der Waals surface area contributed by atoms with Crippen LogP contribution >= 0.6 is 15.9 Å². The lowest BCUT2D eigenvalue weighted by Crippen LogP contribution is -2.31. The van der Waals surface area contributed by atoms with Crippen LogP contribution in [-0.4, -0.2) is 24.7 Å². The number of aliphatic hydroxyl groups is 1. The fourth-order valence-corrected chi connectivity index (χ4v) is 2.35. The first-order valence-electron chi connectivity index (χ1n) is 6.46. The molecular formula is C16H16BrNO3. The number of hydrogen-bond acceptors (Lipinski definition) is 3. The second-order valence-corrected chi connectivity index (χ2v) is 5.38. The summed E-state index contributed by atoms with van der Waals surface area (Å²) in [6.45, 7) is -0.172. The van der Waals surface area contributed by atoms with E-state index in [2.05, 4.69) is 21.2 Å². The molecule has 0 saturated heterocycles. The summed E-state index contributed by atoms with van der Waals surface area (Å²) in [5.41, 5.74) is 1.28. The standard InChI is InChI=1S/C16H16BrNO3/c1-21-15-9-12(17)7-8-13(15)16(20)18-14(10-19)11-5-3-2-4-6-11/h2-9,14,19H,10H2,1H3,(H,18,20)/t14-/m0/s1. The number of carbonyl (C=O) groups is 1. The maximum Gasteiger partial charge on any atom is 0.255 e. The summed E-state index contributed by atoms with van der Waals surface area (Å²) in [6, 6.07) is 14.1. The van der Waals surface area contributed by atoms with Crippen LogP contribution in [0, 0.1) is 0 Å². The number of methoxy groups -OCH3 is 1. The number of nitrogens with one attached hydrogen (secondary N) is 1. The van der Waals surface area contributed by atoms with Crippen LogP contribution in [0.4, 0.5) is 0 Å². The van der Waals surface area contributed by atoms with Crippen LogP contribution in [0.25, 0.3) is 0 Å². The molecule has 0 radical (unpaired) electrons. The van der Waals surface area contributed by atoms with E-state index in [0.717, 1.165) is 10.0 Å². The van der Waals surface area contributed by atoms with Crippen molar-refractivity contribution in [1.29, 1.82) is 0 Å². The summed E-state index contributed by atoms with van der Waals surface area (Å²) in [5.74, 6) is 0.189. The molecule has 0 heterocycles. The molecule has 5 heteroatoms. The van der Waals surface area contributed by atoms with E-state index in [9.17, 15) is 9.90 Å². The highest BCUT2D eigenvalue weighted by molar-refractivity contribution is 9.10. The van der Waals surface area contributed by atoms with E-state index in [1.54, 1.807) is 18.2 Å². The average molecular weight is 350 g/mol. The lowest BCUT2D eigenvalue weighted by atomic mass is 10.1. The minimum atomic E-state index is -0.452. The minimum absolute atomic E-state index is 0.172. The number of halogens is 1. The molecule has 0 aromatic heterocycles. The van der Waals surface area contributed by atoms with E-state index < -0.39 is 6.04 Å². The molecule has 0 aliphatic rings. The maximum atomic E-state index is 12.4. The predicted molar refractivity (Wildman–Crippen MR) is 84.4 cm³/mol. The average Bonchev–Trinajstić information content (AvgIpc) is 2.53. The molecular weight excluding hydrogens is 334 g/mol. The van der Waals surface area contributed by atoms with Crippen molar-refractivity contribution in [3.63, 3.8) is 0 Å². The van der Waals surface area contributed by atoms with Crippen LogP contribution in [0.15, 0.2) is 53.0 Å². The first-order valence-corrected chi connectivity index (χ1v) is 7.25. The van der Waals surface area contributed by atoms with Gasteiger partial charge in [-0.05, 0) is 23.8 Å². The Morgan fingerprint density at radius 2 is 2.00 bits per heavy atom. The minimum Gasteiger partial charge on any atom is -0.496 e. The van der Waals surface area contributed by atoms with Gasteiger partial charge in [0.1, 0.15) is 5.75 Å². The van der Waals surface area contributed by atoms with Gasteiger partial charge < -0.3 is 15.2 Å². The molecule has 110 valence electrons. The number of ether oxygens (including phenoxy) is 1. The number of amides is 1. The maximum absolute atomic E-state index is 12.4. The Morgan fingerprint density at radius 3 is 2.62 bits per heavy atom. The number of rotatable bonds is 5. The Bertz CT molecular complexity index is 616. The van der Waals surface area contributed by atoms with Crippen LogP contribution < -0.4 is 10.1 Å². The molecule has 1 atom stereocenters. The zero-order valence-electron chi connectivity index (χ0n) is 11.5. The molecule has 0 aliphatic heterocycles. The van der Waals surface area contributed by atoms with Crippen molar-refractivity contribution in [2.45, 2.75) is 6.04 Å². The van der Waals surface area contributed by atoms with Crippen molar-refractivity contribution in [3.8, 4) is 5.75 Å². The highest BCUT2D eigenvalue weighted by Crippen LogP contribution is 2.24. The monoisotopic (exact) mass is 349 g/mol. The van der Waals surface area contributed by atoms with E-state index in [4.69, 9.17) is 4.74 Å². The summed E-state index contributed by atoms with van der Waals surface area (Å²) in [4.78, 5) is 12.4. The molecule has 2 aromatic carbocycles. The first kappa shape index (κ1) is 15.5. The molecule has 0 fully saturated rings. The third kappa shape index (κ3) is 3.83. The smallest absolute Gasteiger partial charge is 0.255 e. The second-order valence-electron chi connectivity index (χ2n) is 4.46. The molecule has 0 unspecified atom stereocenters. The Morgan fingerprint density at radius 1 is 1.29 bits per heavy atom. The number of hydrogen-bond donors (Lipinski definition) is 2. The Balaban J connectivity index is 2.21. The zero-order chi connectivity index (χ0) is 15.2. The fraction of sp³-hybridized carbons (Fsp3) is 0.188. The van der Waals surface area contributed by atoms with Gasteiger partial charge in [0, 0.05) is 4.47 Å². The van der Waals surface area contributed by atoms with E-state index in [0.29, 0.717) is 11.3 Å². The van der Waals surface area contributed by atoms with Crippen molar-refractivity contribution in [2.75, 3.05) is 13.7 Å². The van der Waals surface area contributed by atoms with Crippen molar-refractivity contribution >= 4 is 21.8 Å². The van der Waals surface area contributed by atoms with Crippen molar-refractivity contribution in [1.82, 2.24) is 5.32 Å². The van der Waals surface area contributed by atoms with Crippen LogP contribution in [0.1, 0.15) is 22.0 Å². The van der Waals surface area contributed by atoms with Crippen molar-refractivity contribution in [2.24, 2.45) is 0 Å². The molecule has 2 N–H and O–H groups in total. The van der Waals surface area contributed by atoms with Gasteiger partial charge in [0.25, 0.3) is 5.91 Å². The third-order valence-electron chi connectivity index (χ3n) is 3.10. The van der Waals surface area contributed by atoms with Gasteiger partial charge >= 0.3 is 0 Å². The van der Waals surface area contributed by atoms with Gasteiger partial charge in [0.2, 0.25) is 0 Å². The molecule has 0 spiro atoms. The summed E-state index contributed by atoms with van der Waals surface area (Å²) in [5, 5.41) is 12.3. The summed E-state index contributed by atoms with van der Waals surface area (Å²) in [7, 11) is 1.51. The van der Waals surface area contributed by atoms with Crippen molar-refractivity contribution < 1.29 is 14.6 Å². The van der Waals surface area contributed by atoms with Crippen LogP contribution in [-0.2, 0) is 0 Å². The fourth-order valence-electron chi connectivity index (χ4n) is 2.01. The first-order chi connectivity index (χ1) is 10.2. The lowest BCUT2D eigenvalue weighted by Gasteiger charge is -2.17. The molecule has 2 rings (SSSR count). The highest BCUT2D eigenvalue weighted by atomic mass is 79.9. The zero-order valence-corrected chi connectivity index (χ0v) is 13.1. The van der Waals surface area contributed by atoms with Crippen LogP contribution in [0.3, 0.4) is 0 Å². The van der Waals surface area contributed by atoms with E-state index in [-0.39, 0.29) is 12.5 Å². The van der Waals surface area contributed by atoms with Gasteiger partial charge in [0.15, 0.2) is 0 Å². The predicted octanol–water partition coefficient (Wildman–Crippen LogP) is 2.92. The summed E-state index contributed by atoms with van der Waals surface area (Å²) >= 11 is 3.34. The molecule has 0 bridgehead atoms. The number of carbonyl (C=O) groups excluding carboxylic acids is 1. The van der Waals surface area contributed by atoms with E-state index in [1.807, 2.05) is 30.3 Å². The van der Waals surface area contributed by atoms with Gasteiger partial charge in [-0.2, -0.15) is 0 Å². The van der Waals surface area contributed by atoms with Crippen LogP contribution in [0.2, 0.25) is 0 Å². The van der Waals surface area contributed by atoms with Gasteiger partial charge in [-0.15, -0.1) is 0 Å². The molecule has 0 saturated carbocycles. The third-order valence-corrected chi connectivity index (χ3v) is 3.59. The van der Waals surface area contributed by atoms with Crippen LogP contribution in [0.5, 0.6) is 5.75 Å². The second kappa shape index (κ2) is 7.24. The Labute approximate surface area is 131 Å². The Kier molecular flexibility index (Phi) is 5.36. The number of aliphatic hydroxyl groups excluding tert-OH is 1. The molecule has 0 aliphatic carbocycles. The lowest BCUT2D eigenvalue weighted by molar-refractivity contribution is 0.0913. The molecule has 1 amide bonds. The topological polar surface area (TPSA) is 58.6 Å². The van der Waals surface area contributed by atoms with E-state index >= 15 is 0 Å². The largest absolute Gasteiger partial charge is 0.496 e. The quantitative estimate of drug-likeness (QED) is 0.872. The molecule has 21 heavy (non-hydrogen) atoms. The van der Waals surface area contributed by atoms with Crippen molar-refractivity contribution in [3.05, 3.63) is 64.1 Å². The van der Waals surface area contributed by atoms with E-state index in [1.165, 1.54) is 7.11 Å². The SMILES string of the molecule is COc1cc(Br)ccc1C(=O)N[C@@H](CO)c1ccccc1. The number of benzene rings is 2. The van der Waals surface area contributed by atoms with Gasteiger partial charge in [-0.3, -0.25) is 4.79 Å². The molecule has 2 aromatic rings.